The lowest BCUT2D eigenvalue weighted by atomic mass is 9.96. The molecule has 27 heavy (non-hydrogen) atoms. The first-order valence-corrected chi connectivity index (χ1v) is 9.41. The standard InChI is InChI=1S/C20H28N4O3/c1-16(18-5-3-4-6-19(18)26-2)13-20(25)22-17-14-21-24(15-17)8-7-23-9-11-27-12-10-23/h3-6,14-16H,7-13H2,1-2H3,(H,22,25). The minimum absolute atomic E-state index is 0.0267. The number of methoxy groups -OCH3 is 1. The summed E-state index contributed by atoms with van der Waals surface area (Å²) in [5.41, 5.74) is 1.77. The molecule has 0 saturated carbocycles. The summed E-state index contributed by atoms with van der Waals surface area (Å²) >= 11 is 0. The minimum Gasteiger partial charge on any atom is -0.496 e. The first-order chi connectivity index (χ1) is 13.2. The van der Waals surface area contributed by atoms with Crippen LogP contribution < -0.4 is 10.1 Å². The number of para-hydroxylation sites is 1. The van der Waals surface area contributed by atoms with E-state index in [0.717, 1.165) is 56.4 Å². The zero-order chi connectivity index (χ0) is 19.1. The van der Waals surface area contributed by atoms with Crippen LogP contribution in [0, 0.1) is 0 Å². The van der Waals surface area contributed by atoms with E-state index in [1.165, 1.54) is 0 Å². The number of hydrogen-bond donors (Lipinski definition) is 1. The maximum Gasteiger partial charge on any atom is 0.225 e. The number of nitrogens with zero attached hydrogens (tertiary/aromatic N) is 3. The van der Waals surface area contributed by atoms with Crippen LogP contribution in [0.15, 0.2) is 36.7 Å². The van der Waals surface area contributed by atoms with Crippen LogP contribution >= 0.6 is 0 Å². The number of amides is 1. The molecule has 0 radical (unpaired) electrons. The Morgan fingerprint density at radius 3 is 2.85 bits per heavy atom. The van der Waals surface area contributed by atoms with Crippen LogP contribution in [0.25, 0.3) is 0 Å². The van der Waals surface area contributed by atoms with Gasteiger partial charge in [0.1, 0.15) is 5.75 Å². The molecule has 1 amide bonds. The van der Waals surface area contributed by atoms with E-state index in [-0.39, 0.29) is 11.8 Å². The van der Waals surface area contributed by atoms with Gasteiger partial charge in [0.15, 0.2) is 0 Å². The van der Waals surface area contributed by atoms with Crippen LogP contribution in [0.2, 0.25) is 0 Å². The fourth-order valence-corrected chi connectivity index (χ4v) is 3.29. The number of rotatable bonds is 8. The number of carbonyl (C=O) groups excluding carboxylic acids is 1. The second kappa shape index (κ2) is 9.53. The number of morpholine rings is 1. The van der Waals surface area contributed by atoms with Crippen molar-refractivity contribution in [3.8, 4) is 5.75 Å². The van der Waals surface area contributed by atoms with Gasteiger partial charge in [0.2, 0.25) is 5.91 Å². The summed E-state index contributed by atoms with van der Waals surface area (Å²) in [5, 5.41) is 7.28. The Balaban J connectivity index is 1.48. The molecule has 2 aromatic rings. The Morgan fingerprint density at radius 2 is 2.07 bits per heavy atom. The van der Waals surface area contributed by atoms with Gasteiger partial charge in [-0.2, -0.15) is 5.10 Å². The van der Waals surface area contributed by atoms with Crippen molar-refractivity contribution in [3.05, 3.63) is 42.2 Å². The highest BCUT2D eigenvalue weighted by molar-refractivity contribution is 5.91. The Hall–Kier alpha value is -2.38. The van der Waals surface area contributed by atoms with Crippen LogP contribution in [0.5, 0.6) is 5.75 Å². The second-order valence-electron chi connectivity index (χ2n) is 6.84. The molecular formula is C20H28N4O3. The zero-order valence-electron chi connectivity index (χ0n) is 16.1. The molecule has 3 rings (SSSR count). The average molecular weight is 372 g/mol. The lowest BCUT2D eigenvalue weighted by Gasteiger charge is -2.26. The van der Waals surface area contributed by atoms with Crippen LogP contribution in [0.4, 0.5) is 5.69 Å². The minimum atomic E-state index is -0.0267. The Kier molecular flexibility index (Phi) is 6.84. The molecule has 146 valence electrons. The molecule has 1 aliphatic rings. The van der Waals surface area contributed by atoms with Crippen molar-refractivity contribution in [2.45, 2.75) is 25.8 Å². The van der Waals surface area contributed by atoms with Crippen molar-refractivity contribution in [2.24, 2.45) is 0 Å². The quantitative estimate of drug-likeness (QED) is 0.770. The molecule has 2 heterocycles. The topological polar surface area (TPSA) is 68.6 Å². The molecule has 1 atom stereocenters. The zero-order valence-corrected chi connectivity index (χ0v) is 16.1. The lowest BCUT2D eigenvalue weighted by Crippen LogP contribution is -2.38. The molecule has 7 nitrogen and oxygen atoms in total. The lowest BCUT2D eigenvalue weighted by molar-refractivity contribution is -0.116. The van der Waals surface area contributed by atoms with Crippen molar-refractivity contribution < 1.29 is 14.3 Å². The molecule has 0 spiro atoms. The molecule has 1 fully saturated rings. The van der Waals surface area contributed by atoms with E-state index in [1.54, 1.807) is 13.3 Å². The fourth-order valence-electron chi connectivity index (χ4n) is 3.29. The monoisotopic (exact) mass is 372 g/mol. The van der Waals surface area contributed by atoms with Crippen molar-refractivity contribution in [2.75, 3.05) is 45.3 Å². The summed E-state index contributed by atoms with van der Waals surface area (Å²) in [5.74, 6) is 0.854. The highest BCUT2D eigenvalue weighted by atomic mass is 16.5. The molecule has 7 heteroatoms. The molecule has 1 saturated heterocycles. The van der Waals surface area contributed by atoms with Crippen molar-refractivity contribution in [1.82, 2.24) is 14.7 Å². The number of nitrogens with one attached hydrogen (secondary N) is 1. The van der Waals surface area contributed by atoms with Gasteiger partial charge in [-0.1, -0.05) is 25.1 Å². The first-order valence-electron chi connectivity index (χ1n) is 9.41. The smallest absolute Gasteiger partial charge is 0.225 e. The number of aromatic nitrogens is 2. The van der Waals surface area contributed by atoms with Gasteiger partial charge in [0, 0.05) is 32.3 Å². The van der Waals surface area contributed by atoms with E-state index in [4.69, 9.17) is 9.47 Å². The molecule has 1 aliphatic heterocycles. The molecule has 1 aromatic heterocycles. The summed E-state index contributed by atoms with van der Waals surface area (Å²) in [6.45, 7) is 7.28. The van der Waals surface area contributed by atoms with E-state index in [1.807, 2.05) is 42.1 Å². The molecule has 1 N–H and O–H groups in total. The van der Waals surface area contributed by atoms with Crippen LogP contribution in [0.3, 0.4) is 0 Å². The van der Waals surface area contributed by atoms with Gasteiger partial charge in [-0.05, 0) is 17.5 Å². The number of hydrogen-bond acceptors (Lipinski definition) is 5. The largest absolute Gasteiger partial charge is 0.496 e. The summed E-state index contributed by atoms with van der Waals surface area (Å²) in [7, 11) is 1.65. The van der Waals surface area contributed by atoms with Crippen molar-refractivity contribution >= 4 is 11.6 Å². The number of ether oxygens (including phenoxy) is 2. The van der Waals surface area contributed by atoms with E-state index in [2.05, 4.69) is 15.3 Å². The van der Waals surface area contributed by atoms with Gasteiger partial charge in [-0.25, -0.2) is 0 Å². The van der Waals surface area contributed by atoms with E-state index in [0.29, 0.717) is 6.42 Å². The molecule has 0 aliphatic carbocycles. The third kappa shape index (κ3) is 5.55. The molecular weight excluding hydrogens is 344 g/mol. The third-order valence-electron chi connectivity index (χ3n) is 4.83. The van der Waals surface area contributed by atoms with Gasteiger partial charge < -0.3 is 14.8 Å². The van der Waals surface area contributed by atoms with Gasteiger partial charge in [-0.3, -0.25) is 14.4 Å². The van der Waals surface area contributed by atoms with Gasteiger partial charge in [-0.15, -0.1) is 0 Å². The molecule has 1 aromatic carbocycles. The maximum absolute atomic E-state index is 12.4. The van der Waals surface area contributed by atoms with Crippen LogP contribution in [-0.4, -0.2) is 60.5 Å². The molecule has 1 unspecified atom stereocenters. The van der Waals surface area contributed by atoms with E-state index in [9.17, 15) is 4.79 Å². The Morgan fingerprint density at radius 1 is 1.30 bits per heavy atom. The van der Waals surface area contributed by atoms with Crippen LogP contribution in [-0.2, 0) is 16.1 Å². The highest BCUT2D eigenvalue weighted by Crippen LogP contribution is 2.28. The second-order valence-corrected chi connectivity index (χ2v) is 6.84. The number of carbonyl (C=O) groups is 1. The first kappa shape index (κ1) is 19.4. The summed E-state index contributed by atoms with van der Waals surface area (Å²) < 4.78 is 12.6. The predicted octanol–water partition coefficient (Wildman–Crippen LogP) is 2.36. The van der Waals surface area contributed by atoms with Crippen molar-refractivity contribution in [1.29, 1.82) is 0 Å². The average Bonchev–Trinajstić information content (AvgIpc) is 3.14. The van der Waals surface area contributed by atoms with Crippen LogP contribution in [0.1, 0.15) is 24.8 Å². The maximum atomic E-state index is 12.4. The Bertz CT molecular complexity index is 740. The normalized spacial score (nSPS) is 16.1. The third-order valence-corrected chi connectivity index (χ3v) is 4.83. The van der Waals surface area contributed by atoms with Gasteiger partial charge in [0.05, 0.1) is 38.8 Å². The van der Waals surface area contributed by atoms with Crippen molar-refractivity contribution in [3.63, 3.8) is 0 Å². The summed E-state index contributed by atoms with van der Waals surface area (Å²) in [6.07, 6.45) is 3.97. The van der Waals surface area contributed by atoms with Gasteiger partial charge >= 0.3 is 0 Å². The SMILES string of the molecule is COc1ccccc1C(C)CC(=O)Nc1cnn(CCN2CCOCC2)c1. The van der Waals surface area contributed by atoms with E-state index >= 15 is 0 Å². The molecule has 0 bridgehead atoms. The van der Waals surface area contributed by atoms with Gasteiger partial charge in [0.25, 0.3) is 0 Å². The highest BCUT2D eigenvalue weighted by Gasteiger charge is 2.16. The fraction of sp³-hybridized carbons (Fsp3) is 0.500. The predicted molar refractivity (Wildman–Crippen MR) is 104 cm³/mol. The Labute approximate surface area is 160 Å². The van der Waals surface area contributed by atoms with E-state index < -0.39 is 0 Å². The number of benzene rings is 1. The number of anilines is 1. The summed E-state index contributed by atoms with van der Waals surface area (Å²) in [6, 6.07) is 7.81. The summed E-state index contributed by atoms with van der Waals surface area (Å²) in [4.78, 5) is 14.8.